The minimum absolute atomic E-state index is 0.233. The summed E-state index contributed by atoms with van der Waals surface area (Å²) in [5, 5.41) is 0. The van der Waals surface area contributed by atoms with Crippen molar-refractivity contribution >= 4 is 19.2 Å². The summed E-state index contributed by atoms with van der Waals surface area (Å²) in [6, 6.07) is 0. The summed E-state index contributed by atoms with van der Waals surface area (Å²) < 4.78 is 9.75. The summed E-state index contributed by atoms with van der Waals surface area (Å²) in [6.07, 6.45) is 0. The summed E-state index contributed by atoms with van der Waals surface area (Å²) in [6.45, 7) is 0.465. The predicted octanol–water partition coefficient (Wildman–Crippen LogP) is -1.47. The van der Waals surface area contributed by atoms with Crippen molar-refractivity contribution in [2.24, 2.45) is 0 Å². The van der Waals surface area contributed by atoms with Crippen LogP contribution < -0.4 is 0 Å². The zero-order chi connectivity index (χ0) is 8.06. The molecule has 0 spiro atoms. The summed E-state index contributed by atoms with van der Waals surface area (Å²) in [4.78, 5) is 21.5. The maximum Gasteiger partial charge on any atom is 0.909 e. The Labute approximate surface area is 63.6 Å². The fourth-order valence-electron chi connectivity index (χ4n) is 1.37. The number of carbonyl (C=O) groups excluding carboxylic acids is 2. The summed E-state index contributed by atoms with van der Waals surface area (Å²) >= 11 is 0. The van der Waals surface area contributed by atoms with Gasteiger partial charge in [-0.05, 0) is 0 Å². The lowest BCUT2D eigenvalue weighted by molar-refractivity contribution is -0.785. The van der Waals surface area contributed by atoms with E-state index in [1.54, 1.807) is 7.05 Å². The highest BCUT2D eigenvalue weighted by Gasteiger charge is 2.65. The Morgan fingerprint density at radius 1 is 1.27 bits per heavy atom. The molecule has 6 heteroatoms. The minimum atomic E-state index is -0.685. The second kappa shape index (κ2) is 1.76. The Hall–Kier alpha value is -1.04. The molecule has 11 heavy (non-hydrogen) atoms. The number of rotatable bonds is 0. The van der Waals surface area contributed by atoms with Crippen molar-refractivity contribution in [2.45, 2.75) is 0 Å². The van der Waals surface area contributed by atoms with E-state index in [9.17, 15) is 9.59 Å². The molecule has 2 aliphatic heterocycles. The van der Waals surface area contributed by atoms with Crippen LogP contribution in [0.2, 0.25) is 0 Å². The van der Waals surface area contributed by atoms with Crippen LogP contribution in [0.15, 0.2) is 0 Å². The van der Waals surface area contributed by atoms with E-state index < -0.39 is 7.25 Å². The number of likely N-dealkylation sites (N-methyl/N-ethyl adjacent to an activating group) is 1. The Kier molecular flexibility index (Phi) is 1.07. The van der Waals surface area contributed by atoms with Crippen molar-refractivity contribution < 1.29 is 23.3 Å². The molecule has 2 fully saturated rings. The Morgan fingerprint density at radius 3 is 2.09 bits per heavy atom. The molecule has 0 aliphatic carbocycles. The second-order valence-electron chi connectivity index (χ2n) is 3.08. The van der Waals surface area contributed by atoms with Crippen molar-refractivity contribution in [2.75, 3.05) is 20.1 Å². The number of quaternary nitrogens is 1. The van der Waals surface area contributed by atoms with E-state index in [0.29, 0.717) is 0 Å². The quantitative estimate of drug-likeness (QED) is 0.402. The van der Waals surface area contributed by atoms with Crippen molar-refractivity contribution in [1.82, 2.24) is 0 Å². The van der Waals surface area contributed by atoms with Gasteiger partial charge in [0, 0.05) is 0 Å². The van der Waals surface area contributed by atoms with Crippen LogP contribution in [0.25, 0.3) is 0 Å². The molecule has 0 aromatic carbocycles. The lowest BCUT2D eigenvalue weighted by Crippen LogP contribution is -2.48. The largest absolute Gasteiger partial charge is 0.909 e. The van der Waals surface area contributed by atoms with Gasteiger partial charge in [-0.25, -0.2) is 9.59 Å². The molecule has 0 radical (unpaired) electrons. The average molecular weight is 156 g/mol. The fraction of sp³-hybridized carbons (Fsp3) is 0.600. The van der Waals surface area contributed by atoms with E-state index in [2.05, 4.69) is 0 Å². The zero-order valence-corrected chi connectivity index (χ0v) is 6.07. The first-order valence-electron chi connectivity index (χ1n) is 3.33. The molecule has 0 N–H and O–H groups in total. The van der Waals surface area contributed by atoms with Crippen LogP contribution in [-0.2, 0) is 18.9 Å². The van der Waals surface area contributed by atoms with E-state index in [1.807, 2.05) is 0 Å². The van der Waals surface area contributed by atoms with E-state index in [1.165, 1.54) is 0 Å². The van der Waals surface area contributed by atoms with Crippen LogP contribution >= 0.6 is 0 Å². The lowest BCUT2D eigenvalue weighted by atomic mass is 10.1. The number of carbonyl (C=O) groups is 2. The van der Waals surface area contributed by atoms with Crippen LogP contribution in [0.1, 0.15) is 0 Å². The van der Waals surface area contributed by atoms with Crippen LogP contribution in [0.5, 0.6) is 0 Å². The maximum absolute atomic E-state index is 10.7. The van der Waals surface area contributed by atoms with Gasteiger partial charge < -0.3 is 9.31 Å². The van der Waals surface area contributed by atoms with Crippen LogP contribution in [0, 0.1) is 0 Å². The van der Waals surface area contributed by atoms with E-state index >= 15 is 0 Å². The van der Waals surface area contributed by atoms with Gasteiger partial charge in [-0.2, -0.15) is 0 Å². The van der Waals surface area contributed by atoms with Crippen LogP contribution in [0.3, 0.4) is 0 Å². The third-order valence-corrected chi connectivity index (χ3v) is 1.95. The normalized spacial score (nSPS) is 26.5. The Morgan fingerprint density at radius 2 is 1.73 bits per heavy atom. The van der Waals surface area contributed by atoms with Gasteiger partial charge in [0.05, 0.1) is 7.05 Å². The molecular formula is C5H7BNO4+. The smallest absolute Gasteiger partial charge is 0.438 e. The first-order valence-corrected chi connectivity index (χ1v) is 3.33. The monoisotopic (exact) mass is 156 g/mol. The van der Waals surface area contributed by atoms with Crippen molar-refractivity contribution in [3.05, 3.63) is 0 Å². The van der Waals surface area contributed by atoms with Crippen molar-refractivity contribution in [3.8, 4) is 0 Å². The van der Waals surface area contributed by atoms with Gasteiger partial charge in [-0.3, -0.25) is 4.39 Å². The first-order chi connectivity index (χ1) is 5.10. The summed E-state index contributed by atoms with van der Waals surface area (Å²) in [5.41, 5.74) is 0. The molecule has 2 heterocycles. The summed E-state index contributed by atoms with van der Waals surface area (Å²) in [7, 11) is 1.08. The van der Waals surface area contributed by atoms with Gasteiger partial charge in [0.15, 0.2) is 13.1 Å². The molecule has 2 rings (SSSR count). The number of hydrogen-bond acceptors (Lipinski definition) is 4. The SMILES string of the molecule is C[N+]12CC(=O)OB1OC(=O)C2. The molecule has 0 aromatic rings. The van der Waals surface area contributed by atoms with Gasteiger partial charge in [0.1, 0.15) is 0 Å². The maximum atomic E-state index is 10.7. The molecule has 0 saturated carbocycles. The van der Waals surface area contributed by atoms with Gasteiger partial charge in [-0.15, -0.1) is 0 Å². The van der Waals surface area contributed by atoms with Gasteiger partial charge in [0.25, 0.3) is 0 Å². The molecule has 0 unspecified atom stereocenters. The standard InChI is InChI=1S/C5H7BNO4/c1-7-2-4(8)10-6(7)11-5(9)3-7/h2-3H2,1H3/q+1. The third-order valence-electron chi connectivity index (χ3n) is 1.95. The van der Waals surface area contributed by atoms with E-state index in [4.69, 9.17) is 9.31 Å². The number of fused-ring (bicyclic) bond motifs is 1. The number of hydrogen-bond donors (Lipinski definition) is 0. The summed E-state index contributed by atoms with van der Waals surface area (Å²) in [5.74, 6) is -0.602. The molecule has 0 bridgehead atoms. The molecule has 0 atom stereocenters. The highest BCUT2D eigenvalue weighted by atomic mass is 16.7. The topological polar surface area (TPSA) is 52.6 Å². The molecule has 2 aliphatic rings. The third kappa shape index (κ3) is 0.825. The van der Waals surface area contributed by atoms with E-state index in [-0.39, 0.29) is 29.4 Å². The highest BCUT2D eigenvalue weighted by Crippen LogP contribution is 2.22. The first kappa shape index (κ1) is 6.66. The minimum Gasteiger partial charge on any atom is -0.438 e. The molecular weight excluding hydrogens is 149 g/mol. The zero-order valence-electron chi connectivity index (χ0n) is 6.07. The Balaban J connectivity index is 2.25. The van der Waals surface area contributed by atoms with Crippen molar-refractivity contribution in [1.29, 1.82) is 0 Å². The molecule has 2 saturated heterocycles. The number of nitrogens with zero attached hydrogens (tertiary/aromatic N) is 1. The van der Waals surface area contributed by atoms with E-state index in [0.717, 1.165) is 0 Å². The van der Waals surface area contributed by atoms with Crippen LogP contribution in [0.4, 0.5) is 0 Å². The van der Waals surface area contributed by atoms with Gasteiger partial charge in [-0.1, -0.05) is 0 Å². The lowest BCUT2D eigenvalue weighted by Gasteiger charge is -2.16. The molecule has 58 valence electrons. The van der Waals surface area contributed by atoms with Crippen molar-refractivity contribution in [3.63, 3.8) is 0 Å². The van der Waals surface area contributed by atoms with Crippen LogP contribution in [-0.4, -0.2) is 43.7 Å². The fourth-order valence-corrected chi connectivity index (χ4v) is 1.37. The van der Waals surface area contributed by atoms with Gasteiger partial charge in [0.2, 0.25) is 0 Å². The molecule has 0 aromatic heterocycles. The Bertz CT molecular complexity index is 221. The molecule has 5 nitrogen and oxygen atoms in total. The second-order valence-corrected chi connectivity index (χ2v) is 3.08. The van der Waals surface area contributed by atoms with Gasteiger partial charge >= 0.3 is 19.2 Å². The molecule has 0 amide bonds. The average Bonchev–Trinajstić information content (AvgIpc) is 2.16. The highest BCUT2D eigenvalue weighted by molar-refractivity contribution is 6.45. The predicted molar refractivity (Wildman–Crippen MR) is 33.9 cm³/mol.